The van der Waals surface area contributed by atoms with Crippen LogP contribution in [0.2, 0.25) is 0 Å². The van der Waals surface area contributed by atoms with Crippen LogP contribution in [0.1, 0.15) is 13.3 Å². The number of hydrogen-bond donors (Lipinski definition) is 7. The van der Waals surface area contributed by atoms with Crippen LogP contribution in [0.5, 0.6) is 0 Å². The molecule has 170 valence electrons. The van der Waals surface area contributed by atoms with Crippen LogP contribution in [-0.4, -0.2) is 113 Å². The Morgan fingerprint density at radius 3 is 2.31 bits per heavy atom. The molecule has 9 atom stereocenters. The van der Waals surface area contributed by atoms with E-state index in [2.05, 4.69) is 9.50 Å². The largest absolute Gasteiger partial charge is 0.397 e. The van der Waals surface area contributed by atoms with Gasteiger partial charge in [-0.05, 0) is 0 Å². The van der Waals surface area contributed by atoms with Gasteiger partial charge in [0.25, 0.3) is 0 Å². The Bertz CT molecular complexity index is 660. The summed E-state index contributed by atoms with van der Waals surface area (Å²) in [4.78, 5) is 11.4. The standard InChI is InChI=1S/C14H25NO13S/c1-5(18)15-9-7(2-6(3-16)25-13(9)21)26-14-11(20)12(28-29(22,23)24)10(19)8(4-17)27-14/h6-14,16-17,19-21H,2-4H2,1H3,(H,15,18)(H,22,23,24)/t6-,7-,8+,9+,10-,11+,12-,13?,14+/m0/s1. The highest BCUT2D eigenvalue weighted by Gasteiger charge is 2.50. The molecule has 2 saturated heterocycles. The zero-order valence-electron chi connectivity index (χ0n) is 15.3. The molecule has 1 amide bonds. The first-order valence-electron chi connectivity index (χ1n) is 8.62. The lowest BCUT2D eigenvalue weighted by atomic mass is 9.97. The normalized spacial score (nSPS) is 41.1. The lowest BCUT2D eigenvalue weighted by Gasteiger charge is -2.45. The van der Waals surface area contributed by atoms with Crippen molar-refractivity contribution in [3.8, 4) is 0 Å². The molecular formula is C14H25NO13S. The van der Waals surface area contributed by atoms with Crippen LogP contribution in [0.4, 0.5) is 0 Å². The molecule has 7 N–H and O–H groups in total. The second kappa shape index (κ2) is 9.88. The van der Waals surface area contributed by atoms with E-state index in [1.807, 2.05) is 0 Å². The third kappa shape index (κ3) is 6.25. The molecule has 15 heteroatoms. The molecule has 0 aliphatic carbocycles. The van der Waals surface area contributed by atoms with Crippen molar-refractivity contribution in [1.29, 1.82) is 0 Å². The van der Waals surface area contributed by atoms with Gasteiger partial charge in [-0.25, -0.2) is 4.18 Å². The molecule has 0 bridgehead atoms. The smallest absolute Gasteiger partial charge is 0.394 e. The van der Waals surface area contributed by atoms with Gasteiger partial charge in [0.05, 0.1) is 25.4 Å². The zero-order chi connectivity index (χ0) is 21.9. The molecule has 1 unspecified atom stereocenters. The van der Waals surface area contributed by atoms with Crippen molar-refractivity contribution in [2.75, 3.05) is 13.2 Å². The SMILES string of the molecule is CC(=O)N[C@H]1C(O)O[C@H](CO)C[C@@H]1O[C@@H]1O[C@H](CO)[C@H](O)[C@H](OS(=O)(=O)O)[C@H]1O. The van der Waals surface area contributed by atoms with Crippen molar-refractivity contribution in [1.82, 2.24) is 5.32 Å². The molecule has 0 aromatic heterocycles. The number of hydrogen-bond acceptors (Lipinski definition) is 12. The molecule has 0 saturated carbocycles. The highest BCUT2D eigenvalue weighted by molar-refractivity contribution is 7.80. The van der Waals surface area contributed by atoms with Crippen molar-refractivity contribution in [2.45, 2.75) is 68.6 Å². The Morgan fingerprint density at radius 1 is 1.14 bits per heavy atom. The average Bonchev–Trinajstić information content (AvgIpc) is 2.62. The number of carbonyl (C=O) groups excluding carboxylic acids is 1. The molecular weight excluding hydrogens is 422 g/mol. The molecule has 14 nitrogen and oxygen atoms in total. The highest BCUT2D eigenvalue weighted by atomic mass is 32.3. The summed E-state index contributed by atoms with van der Waals surface area (Å²) in [6.45, 7) is -0.143. The van der Waals surface area contributed by atoms with Crippen LogP contribution in [-0.2, 0) is 33.6 Å². The van der Waals surface area contributed by atoms with E-state index in [-0.39, 0.29) is 6.42 Å². The monoisotopic (exact) mass is 447 g/mol. The minimum atomic E-state index is -5.09. The second-order valence-electron chi connectivity index (χ2n) is 6.66. The molecule has 2 rings (SSSR count). The van der Waals surface area contributed by atoms with E-state index in [0.717, 1.165) is 0 Å². The van der Waals surface area contributed by atoms with Crippen molar-refractivity contribution in [3.05, 3.63) is 0 Å². The summed E-state index contributed by atoms with van der Waals surface area (Å²) in [5.41, 5.74) is 0. The molecule has 0 radical (unpaired) electrons. The molecule has 2 heterocycles. The summed E-state index contributed by atoms with van der Waals surface area (Å²) in [5, 5.41) is 51.5. The van der Waals surface area contributed by atoms with Crippen molar-refractivity contribution in [3.63, 3.8) is 0 Å². The summed E-state index contributed by atoms with van der Waals surface area (Å²) in [7, 11) is -5.09. The first kappa shape index (κ1) is 24.3. The van der Waals surface area contributed by atoms with Gasteiger partial charge in [0.1, 0.15) is 30.5 Å². The molecule has 2 aliphatic heterocycles. The molecule has 0 aromatic carbocycles. The molecule has 2 fully saturated rings. The Kier molecular flexibility index (Phi) is 8.28. The Morgan fingerprint density at radius 2 is 1.79 bits per heavy atom. The molecule has 29 heavy (non-hydrogen) atoms. The Hall–Kier alpha value is -0.980. The third-order valence-electron chi connectivity index (χ3n) is 4.47. The van der Waals surface area contributed by atoms with Crippen LogP contribution < -0.4 is 5.32 Å². The third-order valence-corrected chi connectivity index (χ3v) is 4.94. The molecule has 0 spiro atoms. The lowest BCUT2D eigenvalue weighted by Crippen LogP contribution is -2.64. The number of nitrogens with one attached hydrogen (secondary N) is 1. The van der Waals surface area contributed by atoms with Gasteiger partial charge in [-0.2, -0.15) is 8.42 Å². The number of aliphatic hydroxyl groups is 5. The van der Waals surface area contributed by atoms with E-state index >= 15 is 0 Å². The summed E-state index contributed by atoms with van der Waals surface area (Å²) in [6, 6.07) is -1.15. The molecule has 0 aromatic rings. The van der Waals surface area contributed by atoms with Gasteiger partial charge in [-0.3, -0.25) is 9.35 Å². The number of carbonyl (C=O) groups is 1. The van der Waals surface area contributed by atoms with E-state index in [0.29, 0.717) is 0 Å². The van der Waals surface area contributed by atoms with Gasteiger partial charge in [-0.1, -0.05) is 0 Å². The quantitative estimate of drug-likeness (QED) is 0.183. The van der Waals surface area contributed by atoms with Crippen LogP contribution in [0.15, 0.2) is 0 Å². The number of aliphatic hydroxyl groups excluding tert-OH is 5. The van der Waals surface area contributed by atoms with Crippen LogP contribution in [0.3, 0.4) is 0 Å². The van der Waals surface area contributed by atoms with E-state index < -0.39 is 84.8 Å². The average molecular weight is 447 g/mol. The van der Waals surface area contributed by atoms with Crippen LogP contribution in [0.25, 0.3) is 0 Å². The maximum atomic E-state index is 11.4. The maximum absolute atomic E-state index is 11.4. The van der Waals surface area contributed by atoms with Gasteiger partial charge >= 0.3 is 10.4 Å². The zero-order valence-corrected chi connectivity index (χ0v) is 16.1. The van der Waals surface area contributed by atoms with Crippen LogP contribution >= 0.6 is 0 Å². The lowest BCUT2D eigenvalue weighted by molar-refractivity contribution is -0.324. The van der Waals surface area contributed by atoms with Crippen LogP contribution in [0, 0.1) is 0 Å². The summed E-state index contributed by atoms with van der Waals surface area (Å²) < 4.78 is 51.1. The fraction of sp³-hybridized carbons (Fsp3) is 0.929. The first-order chi connectivity index (χ1) is 13.5. The van der Waals surface area contributed by atoms with E-state index in [4.69, 9.17) is 18.8 Å². The van der Waals surface area contributed by atoms with Crippen molar-refractivity contribution >= 4 is 16.3 Å². The second-order valence-corrected chi connectivity index (χ2v) is 7.71. The van der Waals surface area contributed by atoms with Gasteiger partial charge in [0, 0.05) is 13.3 Å². The fourth-order valence-corrected chi connectivity index (χ4v) is 3.68. The Balaban J connectivity index is 2.23. The van der Waals surface area contributed by atoms with E-state index in [1.54, 1.807) is 0 Å². The first-order valence-corrected chi connectivity index (χ1v) is 9.98. The van der Waals surface area contributed by atoms with Crippen molar-refractivity contribution < 1.29 is 61.7 Å². The minimum absolute atomic E-state index is 0.0682. The van der Waals surface area contributed by atoms with Gasteiger partial charge in [-0.15, -0.1) is 0 Å². The molecule has 2 aliphatic rings. The van der Waals surface area contributed by atoms with Gasteiger partial charge in [0.15, 0.2) is 12.6 Å². The van der Waals surface area contributed by atoms with Crippen molar-refractivity contribution in [2.24, 2.45) is 0 Å². The maximum Gasteiger partial charge on any atom is 0.397 e. The number of rotatable bonds is 7. The van der Waals surface area contributed by atoms with E-state index in [1.165, 1.54) is 6.92 Å². The van der Waals surface area contributed by atoms with Gasteiger partial charge in [0.2, 0.25) is 5.91 Å². The number of amides is 1. The topological polar surface area (TPSA) is 222 Å². The highest BCUT2D eigenvalue weighted by Crippen LogP contribution is 2.29. The van der Waals surface area contributed by atoms with E-state index in [9.17, 15) is 38.7 Å². The predicted molar refractivity (Wildman–Crippen MR) is 89.2 cm³/mol. The predicted octanol–water partition coefficient (Wildman–Crippen LogP) is -4.40. The summed E-state index contributed by atoms with van der Waals surface area (Å²) in [6.07, 6.45) is -12.5. The summed E-state index contributed by atoms with van der Waals surface area (Å²) in [5.74, 6) is -0.546. The summed E-state index contributed by atoms with van der Waals surface area (Å²) >= 11 is 0. The number of ether oxygens (including phenoxy) is 3. The Labute approximate surface area is 165 Å². The minimum Gasteiger partial charge on any atom is -0.394 e. The fourth-order valence-electron chi connectivity index (χ4n) is 3.18. The van der Waals surface area contributed by atoms with Gasteiger partial charge < -0.3 is 45.1 Å².